The predicted octanol–water partition coefficient (Wildman–Crippen LogP) is 8.61. The second kappa shape index (κ2) is 26.4. The Hall–Kier alpha value is -1.23. The number of nitroso groups, excluding NO2 is 1. The van der Waals surface area contributed by atoms with Gasteiger partial charge in [-0.25, -0.2) is 0 Å². The number of hydrogen-bond donors (Lipinski definition) is 0. The van der Waals surface area contributed by atoms with E-state index in [-0.39, 0.29) is 5.97 Å². The van der Waals surface area contributed by atoms with Gasteiger partial charge in [-0.05, 0) is 58.5 Å². The standard InChI is InChI=1S/C29H56N2O3/c1-4-5-6-7-8-9-10-14-20-27-34-29(32)22-17-15-19-25-31(26-23-30-33)24-18-13-11-12-16-21-28(2)3/h2,4-27H2,1,3H3. The first kappa shape index (κ1) is 32.8. The van der Waals surface area contributed by atoms with Gasteiger partial charge in [0, 0.05) is 13.0 Å². The maximum Gasteiger partial charge on any atom is 0.305 e. The van der Waals surface area contributed by atoms with E-state index in [1.54, 1.807) is 0 Å². The second-order valence-electron chi connectivity index (χ2n) is 10.0. The Labute approximate surface area is 211 Å². The zero-order valence-electron chi connectivity index (χ0n) is 22.8. The third kappa shape index (κ3) is 25.4. The Morgan fingerprint density at radius 3 is 1.79 bits per heavy atom. The van der Waals surface area contributed by atoms with Gasteiger partial charge in [-0.15, -0.1) is 6.58 Å². The number of esters is 1. The predicted molar refractivity (Wildman–Crippen MR) is 146 cm³/mol. The molecule has 0 aliphatic rings. The number of hydrogen-bond acceptors (Lipinski definition) is 5. The van der Waals surface area contributed by atoms with Crippen LogP contribution in [0.5, 0.6) is 0 Å². The van der Waals surface area contributed by atoms with Gasteiger partial charge in [-0.3, -0.25) is 4.79 Å². The lowest BCUT2D eigenvalue weighted by atomic mass is 10.1. The summed E-state index contributed by atoms with van der Waals surface area (Å²) in [5, 5.41) is 3.03. The molecule has 0 rings (SSSR count). The normalized spacial score (nSPS) is 11.1. The summed E-state index contributed by atoms with van der Waals surface area (Å²) in [6.07, 6.45) is 22.3. The van der Waals surface area contributed by atoms with E-state index in [2.05, 4.69) is 30.5 Å². The van der Waals surface area contributed by atoms with Crippen molar-refractivity contribution < 1.29 is 9.53 Å². The molecule has 0 aromatic rings. The van der Waals surface area contributed by atoms with Crippen LogP contribution in [0.15, 0.2) is 17.3 Å². The van der Waals surface area contributed by atoms with Crippen molar-refractivity contribution in [2.75, 3.05) is 32.8 Å². The maximum atomic E-state index is 11.9. The molecule has 0 N–H and O–H groups in total. The van der Waals surface area contributed by atoms with Gasteiger partial charge >= 0.3 is 5.97 Å². The summed E-state index contributed by atoms with van der Waals surface area (Å²) < 4.78 is 5.39. The minimum Gasteiger partial charge on any atom is -0.466 e. The van der Waals surface area contributed by atoms with E-state index < -0.39 is 0 Å². The van der Waals surface area contributed by atoms with Gasteiger partial charge in [0.25, 0.3) is 0 Å². The molecule has 0 fully saturated rings. The van der Waals surface area contributed by atoms with Crippen molar-refractivity contribution in [3.8, 4) is 0 Å². The number of allylic oxidation sites excluding steroid dienone is 1. The van der Waals surface area contributed by atoms with Gasteiger partial charge in [0.2, 0.25) is 0 Å². The van der Waals surface area contributed by atoms with Crippen LogP contribution in [0.25, 0.3) is 0 Å². The third-order valence-corrected chi connectivity index (χ3v) is 6.45. The number of nitrogens with zero attached hydrogens (tertiary/aromatic N) is 2. The monoisotopic (exact) mass is 480 g/mol. The van der Waals surface area contributed by atoms with Crippen molar-refractivity contribution in [2.24, 2.45) is 5.18 Å². The van der Waals surface area contributed by atoms with Crippen LogP contribution < -0.4 is 0 Å². The number of ether oxygens (including phenoxy) is 1. The molecule has 0 aliphatic heterocycles. The summed E-state index contributed by atoms with van der Waals surface area (Å²) in [7, 11) is 0. The lowest BCUT2D eigenvalue weighted by Gasteiger charge is -2.21. The van der Waals surface area contributed by atoms with E-state index in [1.807, 2.05) is 0 Å². The molecule has 5 nitrogen and oxygen atoms in total. The molecule has 0 amide bonds. The van der Waals surface area contributed by atoms with Crippen molar-refractivity contribution in [2.45, 2.75) is 136 Å². The lowest BCUT2D eigenvalue weighted by Crippen LogP contribution is -2.28. The van der Waals surface area contributed by atoms with Crippen molar-refractivity contribution in [1.82, 2.24) is 4.90 Å². The van der Waals surface area contributed by atoms with Crippen molar-refractivity contribution in [3.05, 3.63) is 17.1 Å². The Kier molecular flexibility index (Phi) is 25.4. The molecule has 0 saturated heterocycles. The van der Waals surface area contributed by atoms with Gasteiger partial charge in [0.1, 0.15) is 0 Å². The molecule has 0 spiro atoms. The highest BCUT2D eigenvalue weighted by atomic mass is 16.5. The molecule has 0 aromatic heterocycles. The summed E-state index contributed by atoms with van der Waals surface area (Å²) in [4.78, 5) is 24.8. The second-order valence-corrected chi connectivity index (χ2v) is 10.0. The smallest absolute Gasteiger partial charge is 0.305 e. The van der Waals surface area contributed by atoms with Crippen LogP contribution >= 0.6 is 0 Å². The average molecular weight is 481 g/mol. The molecule has 0 bridgehead atoms. The number of carbonyl (C=O) groups is 1. The van der Waals surface area contributed by atoms with E-state index in [9.17, 15) is 9.70 Å². The molecule has 200 valence electrons. The van der Waals surface area contributed by atoms with Crippen LogP contribution in [0.4, 0.5) is 0 Å². The highest BCUT2D eigenvalue weighted by Gasteiger charge is 2.06. The molecule has 0 aromatic carbocycles. The van der Waals surface area contributed by atoms with Crippen molar-refractivity contribution >= 4 is 5.97 Å². The number of carbonyl (C=O) groups excluding carboxylic acids is 1. The van der Waals surface area contributed by atoms with Gasteiger partial charge in [0.15, 0.2) is 0 Å². The quantitative estimate of drug-likeness (QED) is 0.0511. The molecule has 0 aliphatic carbocycles. The van der Waals surface area contributed by atoms with Gasteiger partial charge < -0.3 is 9.64 Å². The topological polar surface area (TPSA) is 59.0 Å². The molecule has 0 saturated carbocycles. The van der Waals surface area contributed by atoms with E-state index in [0.29, 0.717) is 19.6 Å². The Morgan fingerprint density at radius 2 is 1.21 bits per heavy atom. The van der Waals surface area contributed by atoms with E-state index >= 15 is 0 Å². The Balaban J connectivity index is 3.62. The van der Waals surface area contributed by atoms with E-state index in [1.165, 1.54) is 89.0 Å². The molecule has 0 heterocycles. The van der Waals surface area contributed by atoms with Crippen LogP contribution in [0.3, 0.4) is 0 Å². The average Bonchev–Trinajstić information content (AvgIpc) is 2.82. The number of rotatable bonds is 27. The summed E-state index contributed by atoms with van der Waals surface area (Å²) in [5.74, 6) is -0.0479. The summed E-state index contributed by atoms with van der Waals surface area (Å²) in [6.45, 7) is 12.0. The highest BCUT2D eigenvalue weighted by Crippen LogP contribution is 2.11. The largest absolute Gasteiger partial charge is 0.466 e. The molecular formula is C29H56N2O3. The van der Waals surface area contributed by atoms with Crippen molar-refractivity contribution in [3.63, 3.8) is 0 Å². The van der Waals surface area contributed by atoms with Crippen LogP contribution in [-0.4, -0.2) is 43.7 Å². The fourth-order valence-electron chi connectivity index (χ4n) is 4.26. The minimum absolute atomic E-state index is 0.0479. The first-order chi connectivity index (χ1) is 16.6. The Morgan fingerprint density at radius 1 is 0.706 bits per heavy atom. The number of unbranched alkanes of at least 4 members (excludes halogenated alkanes) is 14. The van der Waals surface area contributed by atoms with E-state index in [0.717, 1.165) is 51.7 Å². The highest BCUT2D eigenvalue weighted by molar-refractivity contribution is 5.69. The van der Waals surface area contributed by atoms with Gasteiger partial charge in [0.05, 0.1) is 13.2 Å². The van der Waals surface area contributed by atoms with Crippen LogP contribution in [0.1, 0.15) is 136 Å². The van der Waals surface area contributed by atoms with E-state index in [4.69, 9.17) is 4.74 Å². The first-order valence-corrected chi connectivity index (χ1v) is 14.4. The molecule has 0 radical (unpaired) electrons. The first-order valence-electron chi connectivity index (χ1n) is 14.4. The van der Waals surface area contributed by atoms with Crippen LogP contribution in [-0.2, 0) is 9.53 Å². The molecule has 0 atom stereocenters. The molecule has 34 heavy (non-hydrogen) atoms. The zero-order valence-corrected chi connectivity index (χ0v) is 22.8. The fourth-order valence-corrected chi connectivity index (χ4v) is 4.26. The Bertz CT molecular complexity index is 482. The molecule has 5 heteroatoms. The summed E-state index contributed by atoms with van der Waals surface area (Å²) in [5.41, 5.74) is 1.28. The van der Waals surface area contributed by atoms with Crippen LogP contribution in [0, 0.1) is 4.91 Å². The van der Waals surface area contributed by atoms with Gasteiger partial charge in [-0.1, -0.05) is 94.7 Å². The maximum absolute atomic E-state index is 11.9. The zero-order chi connectivity index (χ0) is 25.1. The summed E-state index contributed by atoms with van der Waals surface area (Å²) in [6, 6.07) is 0. The van der Waals surface area contributed by atoms with Gasteiger partial charge in [-0.2, -0.15) is 4.91 Å². The SMILES string of the molecule is C=C(C)CCCCCCCN(CCCCCC(=O)OCCCCCCCCCCC)CCN=O. The molecular weight excluding hydrogens is 424 g/mol. The lowest BCUT2D eigenvalue weighted by molar-refractivity contribution is -0.143. The third-order valence-electron chi connectivity index (χ3n) is 6.45. The molecule has 0 unspecified atom stereocenters. The van der Waals surface area contributed by atoms with Crippen molar-refractivity contribution in [1.29, 1.82) is 0 Å². The summed E-state index contributed by atoms with van der Waals surface area (Å²) >= 11 is 0. The minimum atomic E-state index is -0.0479. The fraction of sp³-hybridized carbons (Fsp3) is 0.897. The van der Waals surface area contributed by atoms with Crippen LogP contribution in [0.2, 0.25) is 0 Å².